The lowest BCUT2D eigenvalue weighted by Crippen LogP contribution is -2.45. The third-order valence-electron chi connectivity index (χ3n) is 6.75. The van der Waals surface area contributed by atoms with Gasteiger partial charge >= 0.3 is 6.03 Å². The Morgan fingerprint density at radius 2 is 1.93 bits per heavy atom. The minimum atomic E-state index is 0.0446. The number of rotatable bonds is 3. The van der Waals surface area contributed by atoms with E-state index in [-0.39, 0.29) is 23.3 Å². The molecule has 1 atom stereocenters. The largest absolute Gasteiger partial charge is 0.381 e. The van der Waals surface area contributed by atoms with Crippen molar-refractivity contribution in [3.05, 3.63) is 35.4 Å². The zero-order valence-electron chi connectivity index (χ0n) is 16.8. The second kappa shape index (κ2) is 8.11. The van der Waals surface area contributed by atoms with Crippen LogP contribution in [0.5, 0.6) is 0 Å². The van der Waals surface area contributed by atoms with E-state index in [1.54, 1.807) is 0 Å². The van der Waals surface area contributed by atoms with Crippen LogP contribution in [0.2, 0.25) is 0 Å². The van der Waals surface area contributed by atoms with Gasteiger partial charge in [-0.25, -0.2) is 4.79 Å². The van der Waals surface area contributed by atoms with E-state index in [0.717, 1.165) is 69.7 Å². The van der Waals surface area contributed by atoms with E-state index < -0.39 is 0 Å². The van der Waals surface area contributed by atoms with Crippen LogP contribution in [-0.2, 0) is 4.74 Å². The first-order valence-electron chi connectivity index (χ1n) is 10.5. The third-order valence-corrected chi connectivity index (χ3v) is 6.75. The molecule has 1 spiro atoms. The van der Waals surface area contributed by atoms with Gasteiger partial charge in [-0.3, -0.25) is 4.79 Å². The second-order valence-electron chi connectivity index (χ2n) is 8.61. The topological polar surface area (TPSA) is 61.9 Å². The van der Waals surface area contributed by atoms with E-state index >= 15 is 0 Å². The smallest absolute Gasteiger partial charge is 0.317 e. The van der Waals surface area contributed by atoms with Gasteiger partial charge in [-0.05, 0) is 50.2 Å². The molecular formula is C22H31N3O3. The molecule has 3 amide bonds. The van der Waals surface area contributed by atoms with Gasteiger partial charge in [-0.15, -0.1) is 0 Å². The predicted molar refractivity (Wildman–Crippen MR) is 107 cm³/mol. The lowest BCUT2D eigenvalue weighted by Gasteiger charge is -2.38. The van der Waals surface area contributed by atoms with Crippen molar-refractivity contribution >= 4 is 11.9 Å². The van der Waals surface area contributed by atoms with E-state index in [1.807, 2.05) is 41.0 Å². The molecule has 1 aromatic carbocycles. The first-order valence-corrected chi connectivity index (χ1v) is 10.5. The Hall–Kier alpha value is -2.08. The van der Waals surface area contributed by atoms with E-state index in [0.29, 0.717) is 13.1 Å². The Labute approximate surface area is 167 Å². The van der Waals surface area contributed by atoms with Crippen LogP contribution in [0, 0.1) is 18.3 Å². The van der Waals surface area contributed by atoms with Gasteiger partial charge in [0.15, 0.2) is 0 Å². The van der Waals surface area contributed by atoms with Crippen LogP contribution < -0.4 is 5.32 Å². The molecule has 6 heteroatoms. The SMILES string of the molecule is Cc1cccc(C(=O)N2CC(CNC(=O)N3CCCC3)C3(CCOCC3)C2)c1. The molecule has 4 rings (SSSR count). The molecule has 0 bridgehead atoms. The van der Waals surface area contributed by atoms with Crippen molar-refractivity contribution < 1.29 is 14.3 Å². The Bertz CT molecular complexity index is 723. The average molecular weight is 386 g/mol. The van der Waals surface area contributed by atoms with E-state index in [4.69, 9.17) is 4.74 Å². The molecule has 0 aromatic heterocycles. The summed E-state index contributed by atoms with van der Waals surface area (Å²) < 4.78 is 5.61. The predicted octanol–water partition coefficient (Wildman–Crippen LogP) is 2.67. The number of benzene rings is 1. The summed E-state index contributed by atoms with van der Waals surface area (Å²) in [5.41, 5.74) is 1.90. The minimum Gasteiger partial charge on any atom is -0.381 e. The number of ether oxygens (including phenoxy) is 1. The van der Waals surface area contributed by atoms with Gasteiger partial charge < -0.3 is 19.9 Å². The van der Waals surface area contributed by atoms with Crippen LogP contribution in [-0.4, -0.2) is 67.7 Å². The van der Waals surface area contributed by atoms with Gasteiger partial charge in [0, 0.05) is 57.4 Å². The number of hydrogen-bond acceptors (Lipinski definition) is 3. The second-order valence-corrected chi connectivity index (χ2v) is 8.61. The van der Waals surface area contributed by atoms with Crippen molar-refractivity contribution in [3.63, 3.8) is 0 Å². The highest BCUT2D eigenvalue weighted by molar-refractivity contribution is 5.94. The lowest BCUT2D eigenvalue weighted by atomic mass is 9.72. The summed E-state index contributed by atoms with van der Waals surface area (Å²) in [6.45, 7) is 7.29. The van der Waals surface area contributed by atoms with Crippen molar-refractivity contribution in [2.45, 2.75) is 32.6 Å². The van der Waals surface area contributed by atoms with E-state index in [1.165, 1.54) is 0 Å². The highest BCUT2D eigenvalue weighted by Gasteiger charge is 2.48. The molecule has 3 aliphatic heterocycles. The molecular weight excluding hydrogens is 354 g/mol. The summed E-state index contributed by atoms with van der Waals surface area (Å²) >= 11 is 0. The summed E-state index contributed by atoms with van der Waals surface area (Å²) in [6, 6.07) is 7.85. The summed E-state index contributed by atoms with van der Waals surface area (Å²) in [4.78, 5) is 29.5. The molecule has 1 unspecified atom stereocenters. The Morgan fingerprint density at radius 1 is 1.18 bits per heavy atom. The quantitative estimate of drug-likeness (QED) is 0.870. The van der Waals surface area contributed by atoms with Crippen LogP contribution in [0.3, 0.4) is 0 Å². The highest BCUT2D eigenvalue weighted by atomic mass is 16.5. The number of nitrogens with zero attached hydrogens (tertiary/aromatic N) is 2. The number of carbonyl (C=O) groups is 2. The van der Waals surface area contributed by atoms with Crippen molar-refractivity contribution in [1.82, 2.24) is 15.1 Å². The standard InChI is InChI=1S/C22H31N3O3/c1-17-5-4-6-18(13-17)20(26)25-15-19(22(16-25)7-11-28-12-8-22)14-23-21(27)24-9-2-3-10-24/h4-6,13,19H,2-3,7-12,14-16H2,1H3,(H,23,27). The highest BCUT2D eigenvalue weighted by Crippen LogP contribution is 2.44. The van der Waals surface area contributed by atoms with Crippen molar-refractivity contribution in [2.75, 3.05) is 45.9 Å². The van der Waals surface area contributed by atoms with Crippen LogP contribution in [0.15, 0.2) is 24.3 Å². The van der Waals surface area contributed by atoms with Crippen LogP contribution in [0.4, 0.5) is 4.79 Å². The zero-order valence-corrected chi connectivity index (χ0v) is 16.8. The number of hydrogen-bond donors (Lipinski definition) is 1. The van der Waals surface area contributed by atoms with Crippen LogP contribution >= 0.6 is 0 Å². The van der Waals surface area contributed by atoms with Crippen LogP contribution in [0.1, 0.15) is 41.6 Å². The number of likely N-dealkylation sites (tertiary alicyclic amines) is 2. The summed E-state index contributed by atoms with van der Waals surface area (Å²) in [6.07, 6.45) is 4.09. The maximum absolute atomic E-state index is 13.1. The molecule has 28 heavy (non-hydrogen) atoms. The Balaban J connectivity index is 1.46. The molecule has 3 heterocycles. The number of amides is 3. The van der Waals surface area contributed by atoms with Gasteiger partial charge in [0.05, 0.1) is 0 Å². The molecule has 6 nitrogen and oxygen atoms in total. The van der Waals surface area contributed by atoms with E-state index in [9.17, 15) is 9.59 Å². The van der Waals surface area contributed by atoms with Gasteiger partial charge in [0.2, 0.25) is 0 Å². The molecule has 0 aliphatic carbocycles. The Kier molecular flexibility index (Phi) is 5.58. The van der Waals surface area contributed by atoms with Gasteiger partial charge in [0.25, 0.3) is 5.91 Å². The average Bonchev–Trinajstić information content (AvgIpc) is 3.35. The minimum absolute atomic E-state index is 0.0446. The van der Waals surface area contributed by atoms with Crippen molar-refractivity contribution in [2.24, 2.45) is 11.3 Å². The molecule has 1 N–H and O–H groups in total. The van der Waals surface area contributed by atoms with Crippen molar-refractivity contribution in [1.29, 1.82) is 0 Å². The number of nitrogens with one attached hydrogen (secondary N) is 1. The zero-order chi connectivity index (χ0) is 19.6. The fraction of sp³-hybridized carbons (Fsp3) is 0.636. The molecule has 1 aromatic rings. The van der Waals surface area contributed by atoms with Gasteiger partial charge in [0.1, 0.15) is 0 Å². The fourth-order valence-corrected chi connectivity index (χ4v) is 5.02. The normalized spacial score (nSPS) is 24.0. The number of urea groups is 1. The summed E-state index contributed by atoms with van der Waals surface area (Å²) in [7, 11) is 0. The monoisotopic (exact) mass is 385 g/mol. The maximum Gasteiger partial charge on any atom is 0.317 e. The summed E-state index contributed by atoms with van der Waals surface area (Å²) in [5.74, 6) is 0.375. The first kappa shape index (κ1) is 19.2. The first-order chi connectivity index (χ1) is 13.6. The maximum atomic E-state index is 13.1. The molecule has 3 fully saturated rings. The molecule has 3 aliphatic rings. The number of carbonyl (C=O) groups excluding carboxylic acids is 2. The Morgan fingerprint density at radius 3 is 2.64 bits per heavy atom. The number of aryl methyl sites for hydroxylation is 1. The lowest BCUT2D eigenvalue weighted by molar-refractivity contribution is 0.000277. The van der Waals surface area contributed by atoms with Gasteiger partial charge in [-0.1, -0.05) is 17.7 Å². The van der Waals surface area contributed by atoms with Crippen LogP contribution in [0.25, 0.3) is 0 Å². The molecule has 152 valence electrons. The van der Waals surface area contributed by atoms with E-state index in [2.05, 4.69) is 5.32 Å². The third kappa shape index (κ3) is 3.88. The fourth-order valence-electron chi connectivity index (χ4n) is 5.02. The van der Waals surface area contributed by atoms with Gasteiger partial charge in [-0.2, -0.15) is 0 Å². The summed E-state index contributed by atoms with van der Waals surface area (Å²) in [5, 5.41) is 3.15. The molecule has 3 saturated heterocycles. The van der Waals surface area contributed by atoms with Crippen molar-refractivity contribution in [3.8, 4) is 0 Å². The molecule has 0 saturated carbocycles. The molecule has 0 radical (unpaired) electrons.